The normalized spacial score (nSPS) is 12.4. The second-order valence-electron chi connectivity index (χ2n) is 6.21. The van der Waals surface area contributed by atoms with E-state index in [1.54, 1.807) is 12.1 Å². The molecule has 0 radical (unpaired) electrons. The van der Waals surface area contributed by atoms with Gasteiger partial charge in [0.05, 0.1) is 12.6 Å². The Bertz CT molecular complexity index is 564. The minimum Gasteiger partial charge on any atom is -0.378 e. The van der Waals surface area contributed by atoms with Gasteiger partial charge in [-0.15, -0.1) is 24.0 Å². The second-order valence-corrected chi connectivity index (χ2v) is 6.21. The van der Waals surface area contributed by atoms with Gasteiger partial charge in [-0.3, -0.25) is 4.79 Å². The number of nitrogens with two attached hydrogens (primary N) is 1. The first-order chi connectivity index (χ1) is 12.0. The van der Waals surface area contributed by atoms with Gasteiger partial charge in [0.2, 0.25) is 5.91 Å². The average molecular weight is 476 g/mol. The number of ether oxygens (including phenoxy) is 1. The third kappa shape index (κ3) is 9.38. The van der Waals surface area contributed by atoms with E-state index < -0.39 is 5.91 Å². The largest absolute Gasteiger partial charge is 0.378 e. The third-order valence-electron chi connectivity index (χ3n) is 3.82. The molecular weight excluding hydrogens is 443 g/mol. The summed E-state index contributed by atoms with van der Waals surface area (Å²) in [4.78, 5) is 15.8. The van der Waals surface area contributed by atoms with E-state index in [-0.39, 0.29) is 30.1 Å². The predicted molar refractivity (Wildman–Crippen MR) is 118 cm³/mol. The van der Waals surface area contributed by atoms with Gasteiger partial charge in [-0.1, -0.05) is 26.0 Å². The van der Waals surface area contributed by atoms with Crippen LogP contribution >= 0.6 is 24.0 Å². The third-order valence-corrected chi connectivity index (χ3v) is 3.82. The fourth-order valence-corrected chi connectivity index (χ4v) is 2.49. The molecule has 6 nitrogen and oxygen atoms in total. The van der Waals surface area contributed by atoms with Crippen molar-refractivity contribution in [3.05, 3.63) is 35.4 Å². The molecular formula is C19H33IN4O2. The first kappa shape index (κ1) is 24.7. The smallest absolute Gasteiger partial charge is 0.248 e. The number of rotatable bonds is 10. The minimum atomic E-state index is -0.425. The molecule has 0 fully saturated rings. The van der Waals surface area contributed by atoms with Crippen molar-refractivity contribution in [1.82, 2.24) is 10.6 Å². The van der Waals surface area contributed by atoms with E-state index in [0.717, 1.165) is 37.6 Å². The first-order valence-corrected chi connectivity index (χ1v) is 9.00. The van der Waals surface area contributed by atoms with E-state index in [1.807, 2.05) is 26.0 Å². The molecule has 0 saturated heterocycles. The molecule has 1 unspecified atom stereocenters. The lowest BCUT2D eigenvalue weighted by Crippen LogP contribution is -2.39. The molecule has 0 spiro atoms. The molecule has 0 aliphatic rings. The van der Waals surface area contributed by atoms with E-state index in [4.69, 9.17) is 10.5 Å². The number of halogens is 1. The predicted octanol–water partition coefficient (Wildman–Crippen LogP) is 2.91. The number of amides is 1. The number of primary amides is 1. The van der Waals surface area contributed by atoms with Crippen molar-refractivity contribution in [1.29, 1.82) is 0 Å². The van der Waals surface area contributed by atoms with Crippen molar-refractivity contribution in [2.24, 2.45) is 16.6 Å². The maximum absolute atomic E-state index is 11.3. The highest BCUT2D eigenvalue weighted by molar-refractivity contribution is 14.0. The Labute approximate surface area is 174 Å². The van der Waals surface area contributed by atoms with Gasteiger partial charge in [-0.05, 0) is 43.9 Å². The van der Waals surface area contributed by atoms with Crippen LogP contribution in [0, 0.1) is 5.92 Å². The number of nitrogens with one attached hydrogen (secondary N) is 2. The fraction of sp³-hybridized carbons (Fsp3) is 0.579. The fourth-order valence-electron chi connectivity index (χ4n) is 2.49. The molecule has 0 saturated carbocycles. The summed E-state index contributed by atoms with van der Waals surface area (Å²) in [5, 5.41) is 6.57. The summed E-state index contributed by atoms with van der Waals surface area (Å²) in [6, 6.07) is 7.24. The van der Waals surface area contributed by atoms with E-state index in [2.05, 4.69) is 29.5 Å². The zero-order valence-corrected chi connectivity index (χ0v) is 18.6. The molecule has 4 N–H and O–H groups in total. The Morgan fingerprint density at radius 1 is 1.27 bits per heavy atom. The van der Waals surface area contributed by atoms with Crippen LogP contribution in [-0.4, -0.2) is 37.7 Å². The molecule has 1 atom stereocenters. The highest BCUT2D eigenvalue weighted by Gasteiger charge is 2.13. The number of hydrogen-bond acceptors (Lipinski definition) is 3. The molecule has 0 bridgehead atoms. The number of nitrogens with zero attached hydrogens (tertiary/aromatic N) is 1. The molecule has 0 aromatic heterocycles. The lowest BCUT2D eigenvalue weighted by molar-refractivity contribution is 0.0258. The zero-order valence-electron chi connectivity index (χ0n) is 16.2. The molecule has 1 aromatic rings. The van der Waals surface area contributed by atoms with Crippen LogP contribution in [0.25, 0.3) is 0 Å². The van der Waals surface area contributed by atoms with E-state index in [9.17, 15) is 4.79 Å². The minimum absolute atomic E-state index is 0. The van der Waals surface area contributed by atoms with Gasteiger partial charge in [-0.2, -0.15) is 0 Å². The quantitative estimate of drug-likeness (QED) is 0.275. The molecule has 1 aromatic carbocycles. The number of guanidine groups is 1. The maximum atomic E-state index is 11.3. The van der Waals surface area contributed by atoms with Gasteiger partial charge in [0.1, 0.15) is 0 Å². The summed E-state index contributed by atoms with van der Waals surface area (Å²) in [6.45, 7) is 11.2. The Morgan fingerprint density at radius 3 is 2.58 bits per heavy atom. The van der Waals surface area contributed by atoms with Gasteiger partial charge in [0.15, 0.2) is 5.96 Å². The van der Waals surface area contributed by atoms with Crippen LogP contribution in [0.1, 0.15) is 50.0 Å². The topological polar surface area (TPSA) is 88.7 Å². The number of aliphatic imine (C=N–C) groups is 1. The standard InChI is InChI=1S/C19H32N4O2.HI/c1-5-21-19(22-11-10-17(14(3)4)25-6-2)23-13-15-8-7-9-16(12-15)18(20)24;/h7-9,12,14,17H,5-6,10-11,13H2,1-4H3,(H2,20,24)(H2,21,22,23);1H. The van der Waals surface area contributed by atoms with Crippen molar-refractivity contribution >= 4 is 35.8 Å². The summed E-state index contributed by atoms with van der Waals surface area (Å²) < 4.78 is 5.77. The van der Waals surface area contributed by atoms with Crippen molar-refractivity contribution in [2.45, 2.75) is 46.8 Å². The van der Waals surface area contributed by atoms with Crippen LogP contribution in [0.5, 0.6) is 0 Å². The van der Waals surface area contributed by atoms with Crippen LogP contribution in [0.15, 0.2) is 29.3 Å². The maximum Gasteiger partial charge on any atom is 0.248 e. The SMILES string of the molecule is CCNC(=NCc1cccc(C(N)=O)c1)NCCC(OCC)C(C)C.I. The summed E-state index contributed by atoms with van der Waals surface area (Å²) in [5.41, 5.74) is 6.77. The van der Waals surface area contributed by atoms with Crippen molar-refractivity contribution in [3.63, 3.8) is 0 Å². The number of carbonyl (C=O) groups excluding carboxylic acids is 1. The Balaban J connectivity index is 0.00000625. The highest BCUT2D eigenvalue weighted by Crippen LogP contribution is 2.10. The molecule has 26 heavy (non-hydrogen) atoms. The van der Waals surface area contributed by atoms with Gasteiger partial charge in [0, 0.05) is 25.3 Å². The van der Waals surface area contributed by atoms with Gasteiger partial charge in [0.25, 0.3) is 0 Å². The summed E-state index contributed by atoms with van der Waals surface area (Å²) >= 11 is 0. The molecule has 0 aliphatic heterocycles. The Hall–Kier alpha value is -1.35. The molecule has 148 valence electrons. The summed E-state index contributed by atoms with van der Waals surface area (Å²) in [5.74, 6) is 0.815. The Morgan fingerprint density at radius 2 is 2.00 bits per heavy atom. The van der Waals surface area contributed by atoms with E-state index in [0.29, 0.717) is 18.0 Å². The highest BCUT2D eigenvalue weighted by atomic mass is 127. The van der Waals surface area contributed by atoms with Crippen LogP contribution in [0.2, 0.25) is 0 Å². The lowest BCUT2D eigenvalue weighted by atomic mass is 10.0. The summed E-state index contributed by atoms with van der Waals surface area (Å²) in [6.07, 6.45) is 1.17. The average Bonchev–Trinajstić information content (AvgIpc) is 2.58. The monoisotopic (exact) mass is 476 g/mol. The van der Waals surface area contributed by atoms with Crippen molar-refractivity contribution < 1.29 is 9.53 Å². The Kier molecular flexibility index (Phi) is 13.1. The molecule has 0 aliphatic carbocycles. The van der Waals surface area contributed by atoms with Crippen molar-refractivity contribution in [3.8, 4) is 0 Å². The lowest BCUT2D eigenvalue weighted by Gasteiger charge is -2.21. The van der Waals surface area contributed by atoms with Crippen molar-refractivity contribution in [2.75, 3.05) is 19.7 Å². The van der Waals surface area contributed by atoms with E-state index in [1.165, 1.54) is 0 Å². The number of carbonyl (C=O) groups is 1. The zero-order chi connectivity index (χ0) is 18.7. The van der Waals surface area contributed by atoms with Gasteiger partial charge in [-0.25, -0.2) is 4.99 Å². The van der Waals surface area contributed by atoms with Gasteiger partial charge < -0.3 is 21.1 Å². The van der Waals surface area contributed by atoms with Crippen LogP contribution in [-0.2, 0) is 11.3 Å². The molecule has 0 heterocycles. The van der Waals surface area contributed by atoms with Gasteiger partial charge >= 0.3 is 0 Å². The molecule has 7 heteroatoms. The van der Waals surface area contributed by atoms with Crippen LogP contribution in [0.4, 0.5) is 0 Å². The number of hydrogen-bond donors (Lipinski definition) is 3. The molecule has 1 rings (SSSR count). The van der Waals surface area contributed by atoms with E-state index >= 15 is 0 Å². The van der Waals surface area contributed by atoms with Crippen LogP contribution in [0.3, 0.4) is 0 Å². The summed E-state index contributed by atoms with van der Waals surface area (Å²) in [7, 11) is 0. The first-order valence-electron chi connectivity index (χ1n) is 9.00. The molecule has 1 amide bonds. The second kappa shape index (κ2) is 13.8. The van der Waals surface area contributed by atoms with Crippen LogP contribution < -0.4 is 16.4 Å². The number of benzene rings is 1.